The number of rotatable bonds is 2. The van der Waals surface area contributed by atoms with Crippen molar-refractivity contribution in [3.63, 3.8) is 0 Å². The predicted molar refractivity (Wildman–Crippen MR) is 113 cm³/mol. The lowest BCUT2D eigenvalue weighted by molar-refractivity contribution is -0.114. The highest BCUT2D eigenvalue weighted by Crippen LogP contribution is 2.34. The Morgan fingerprint density at radius 1 is 1.15 bits per heavy atom. The summed E-state index contributed by atoms with van der Waals surface area (Å²) in [5.74, 6) is -0.203. The number of para-hydroxylation sites is 1. The Kier molecular flexibility index (Phi) is 5.76. The van der Waals surface area contributed by atoms with Gasteiger partial charge < -0.3 is 15.6 Å². The van der Waals surface area contributed by atoms with Crippen LogP contribution in [0.25, 0.3) is 32.8 Å². The number of nitrogens with two attached hydrogens (primary N) is 1. The maximum absolute atomic E-state index is 11.5. The van der Waals surface area contributed by atoms with Crippen molar-refractivity contribution >= 4 is 69.2 Å². The molecule has 0 saturated carbocycles. The van der Waals surface area contributed by atoms with E-state index in [0.29, 0.717) is 0 Å². The Morgan fingerprint density at radius 3 is 2.62 bits per heavy atom. The molecular formula is C19H20Cl2N4O. The van der Waals surface area contributed by atoms with Crippen molar-refractivity contribution in [1.29, 1.82) is 0 Å². The maximum Gasteiger partial charge on any atom is 0.238 e. The van der Waals surface area contributed by atoms with E-state index in [1.807, 2.05) is 37.4 Å². The highest BCUT2D eigenvalue weighted by Gasteiger charge is 2.14. The highest BCUT2D eigenvalue weighted by molar-refractivity contribution is 6.13. The molecule has 4 rings (SSSR count). The number of benzene rings is 2. The summed E-state index contributed by atoms with van der Waals surface area (Å²) >= 11 is 0. The minimum Gasteiger partial charge on any atom is -0.328 e. The fourth-order valence-corrected chi connectivity index (χ4v) is 3.35. The van der Waals surface area contributed by atoms with Crippen LogP contribution in [0.4, 0.5) is 5.69 Å². The molecule has 26 heavy (non-hydrogen) atoms. The Morgan fingerprint density at radius 2 is 1.88 bits per heavy atom. The van der Waals surface area contributed by atoms with Crippen molar-refractivity contribution in [3.8, 4) is 0 Å². The number of carbonyl (C=O) groups is 1. The largest absolute Gasteiger partial charge is 0.328 e. The summed E-state index contributed by atoms with van der Waals surface area (Å²) in [6.07, 6.45) is 0. The molecule has 7 heteroatoms. The van der Waals surface area contributed by atoms with Crippen LogP contribution in [-0.2, 0) is 11.8 Å². The molecule has 0 radical (unpaired) electrons. The molecule has 0 fully saturated rings. The Hall–Kier alpha value is -2.34. The molecule has 4 aromatic rings. The van der Waals surface area contributed by atoms with E-state index in [2.05, 4.69) is 28.9 Å². The molecule has 0 unspecified atom stereocenters. The first kappa shape index (κ1) is 20.0. The first-order valence-corrected chi connectivity index (χ1v) is 7.87. The number of anilines is 1. The third-order valence-electron chi connectivity index (χ3n) is 4.55. The van der Waals surface area contributed by atoms with Gasteiger partial charge in [0.2, 0.25) is 5.91 Å². The minimum atomic E-state index is -0.203. The SMILES string of the molecule is Cc1c2cc(NC(=O)CN)ccc2nc2c1c1ccccc1n2C.Cl.Cl. The normalized spacial score (nSPS) is 10.6. The molecule has 0 saturated heterocycles. The van der Waals surface area contributed by atoms with Crippen LogP contribution in [0.1, 0.15) is 5.56 Å². The number of carbonyl (C=O) groups excluding carboxylic acids is 1. The number of nitrogens with zero attached hydrogens (tertiary/aromatic N) is 2. The number of hydrogen-bond acceptors (Lipinski definition) is 3. The summed E-state index contributed by atoms with van der Waals surface area (Å²) in [6, 6.07) is 14.1. The molecule has 2 aromatic carbocycles. The van der Waals surface area contributed by atoms with E-state index in [4.69, 9.17) is 10.7 Å². The third-order valence-corrected chi connectivity index (χ3v) is 4.55. The fourth-order valence-electron chi connectivity index (χ4n) is 3.35. The zero-order valence-electron chi connectivity index (χ0n) is 14.4. The smallest absolute Gasteiger partial charge is 0.238 e. The predicted octanol–water partition coefficient (Wildman–Crippen LogP) is 3.93. The van der Waals surface area contributed by atoms with Crippen molar-refractivity contribution in [3.05, 3.63) is 48.0 Å². The summed E-state index contributed by atoms with van der Waals surface area (Å²) in [6.45, 7) is 2.07. The summed E-state index contributed by atoms with van der Waals surface area (Å²) in [4.78, 5) is 16.4. The van der Waals surface area contributed by atoms with E-state index < -0.39 is 0 Å². The summed E-state index contributed by atoms with van der Waals surface area (Å²) in [5, 5.41) is 6.19. The number of pyridine rings is 1. The van der Waals surface area contributed by atoms with Gasteiger partial charge in [-0.1, -0.05) is 18.2 Å². The average Bonchev–Trinajstić information content (AvgIpc) is 2.89. The molecular weight excluding hydrogens is 371 g/mol. The first-order chi connectivity index (χ1) is 11.6. The van der Waals surface area contributed by atoms with Crippen LogP contribution in [0.5, 0.6) is 0 Å². The molecule has 0 aliphatic carbocycles. The van der Waals surface area contributed by atoms with Gasteiger partial charge >= 0.3 is 0 Å². The van der Waals surface area contributed by atoms with Crippen LogP contribution < -0.4 is 11.1 Å². The number of nitrogens with one attached hydrogen (secondary N) is 1. The minimum absolute atomic E-state index is 0. The lowest BCUT2D eigenvalue weighted by atomic mass is 10.0. The van der Waals surface area contributed by atoms with Gasteiger partial charge in [-0.2, -0.15) is 0 Å². The van der Waals surface area contributed by atoms with Gasteiger partial charge in [0.05, 0.1) is 17.6 Å². The first-order valence-electron chi connectivity index (χ1n) is 7.87. The lowest BCUT2D eigenvalue weighted by Gasteiger charge is -2.08. The second kappa shape index (κ2) is 7.50. The van der Waals surface area contributed by atoms with Crippen molar-refractivity contribution in [1.82, 2.24) is 9.55 Å². The molecule has 0 spiro atoms. The van der Waals surface area contributed by atoms with E-state index in [1.54, 1.807) is 0 Å². The topological polar surface area (TPSA) is 72.9 Å². The number of hydrogen-bond donors (Lipinski definition) is 2. The Labute approximate surface area is 163 Å². The van der Waals surface area contributed by atoms with Crippen LogP contribution in [0.3, 0.4) is 0 Å². The van der Waals surface area contributed by atoms with Crippen LogP contribution in [0.2, 0.25) is 0 Å². The van der Waals surface area contributed by atoms with Crippen LogP contribution in [0, 0.1) is 6.92 Å². The van der Waals surface area contributed by atoms with Gasteiger partial charge in [-0.3, -0.25) is 4.79 Å². The summed E-state index contributed by atoms with van der Waals surface area (Å²) in [5.41, 5.74) is 10.3. The van der Waals surface area contributed by atoms with Crippen LogP contribution >= 0.6 is 24.8 Å². The molecule has 0 bridgehead atoms. The van der Waals surface area contributed by atoms with Gasteiger partial charge in [0.15, 0.2) is 0 Å². The molecule has 0 aliphatic heterocycles. The number of aryl methyl sites for hydroxylation is 2. The van der Waals surface area contributed by atoms with E-state index in [-0.39, 0.29) is 37.3 Å². The van der Waals surface area contributed by atoms with E-state index in [9.17, 15) is 4.79 Å². The quantitative estimate of drug-likeness (QED) is 0.544. The number of amides is 1. The van der Waals surface area contributed by atoms with E-state index >= 15 is 0 Å². The molecule has 2 aromatic heterocycles. The van der Waals surface area contributed by atoms with Crippen molar-refractivity contribution in [2.45, 2.75) is 6.92 Å². The van der Waals surface area contributed by atoms with Gasteiger partial charge in [-0.25, -0.2) is 4.98 Å². The molecule has 2 heterocycles. The zero-order chi connectivity index (χ0) is 16.8. The van der Waals surface area contributed by atoms with Gasteiger partial charge in [0.1, 0.15) is 5.65 Å². The Bertz CT molecular complexity index is 1120. The zero-order valence-corrected chi connectivity index (χ0v) is 16.1. The van der Waals surface area contributed by atoms with Gasteiger partial charge in [-0.05, 0) is 36.8 Å². The second-order valence-corrected chi connectivity index (χ2v) is 6.00. The molecule has 0 aliphatic rings. The van der Waals surface area contributed by atoms with Crippen LogP contribution in [-0.4, -0.2) is 22.0 Å². The summed E-state index contributed by atoms with van der Waals surface area (Å²) < 4.78 is 2.13. The van der Waals surface area contributed by atoms with Gasteiger partial charge in [0.25, 0.3) is 0 Å². The fraction of sp³-hybridized carbons (Fsp3) is 0.158. The maximum atomic E-state index is 11.5. The van der Waals surface area contributed by atoms with Crippen molar-refractivity contribution in [2.75, 3.05) is 11.9 Å². The number of halogens is 2. The highest BCUT2D eigenvalue weighted by atomic mass is 35.5. The molecule has 1 amide bonds. The molecule has 0 atom stereocenters. The average molecular weight is 391 g/mol. The van der Waals surface area contributed by atoms with Gasteiger partial charge in [-0.15, -0.1) is 24.8 Å². The Balaban J connectivity index is 0.00000121. The third kappa shape index (κ3) is 2.98. The van der Waals surface area contributed by atoms with E-state index in [0.717, 1.165) is 38.7 Å². The number of aromatic nitrogens is 2. The van der Waals surface area contributed by atoms with Gasteiger partial charge in [0, 0.05) is 28.9 Å². The molecule has 136 valence electrons. The van der Waals surface area contributed by atoms with Crippen molar-refractivity contribution < 1.29 is 4.79 Å². The van der Waals surface area contributed by atoms with Crippen LogP contribution in [0.15, 0.2) is 42.5 Å². The van der Waals surface area contributed by atoms with E-state index in [1.165, 1.54) is 5.39 Å². The summed E-state index contributed by atoms with van der Waals surface area (Å²) in [7, 11) is 2.04. The molecule has 3 N–H and O–H groups in total. The monoisotopic (exact) mass is 390 g/mol. The van der Waals surface area contributed by atoms with Crippen molar-refractivity contribution in [2.24, 2.45) is 12.8 Å². The number of fused-ring (bicyclic) bond motifs is 4. The lowest BCUT2D eigenvalue weighted by Crippen LogP contribution is -2.21. The second-order valence-electron chi connectivity index (χ2n) is 6.00. The molecule has 5 nitrogen and oxygen atoms in total. The standard InChI is InChI=1S/C19H18N4O.2ClH/c1-11-14-9-12(21-17(24)10-20)7-8-15(14)22-19-18(11)13-5-3-4-6-16(13)23(19)2;;/h3-9H,10,20H2,1-2H3,(H,21,24);2*1H.